The second-order valence-electron chi connectivity index (χ2n) is 5.75. The average Bonchev–Trinajstić information content (AvgIpc) is 2.99. The molecule has 1 fully saturated rings. The van der Waals surface area contributed by atoms with Crippen molar-refractivity contribution >= 4 is 11.6 Å². The van der Waals surface area contributed by atoms with Gasteiger partial charge < -0.3 is 14.4 Å². The maximum absolute atomic E-state index is 11.9. The molecular weight excluding hydrogens is 290 g/mol. The van der Waals surface area contributed by atoms with Gasteiger partial charge in [0.25, 0.3) is 0 Å². The number of nitrogens with zero attached hydrogens (tertiary/aromatic N) is 1. The lowest BCUT2D eigenvalue weighted by Gasteiger charge is -2.17. The van der Waals surface area contributed by atoms with Crippen LogP contribution in [0.4, 0.5) is 5.69 Å². The topological polar surface area (TPSA) is 38.8 Å². The van der Waals surface area contributed by atoms with Crippen molar-refractivity contribution < 1.29 is 14.3 Å². The van der Waals surface area contributed by atoms with Gasteiger partial charge in [-0.15, -0.1) is 0 Å². The van der Waals surface area contributed by atoms with E-state index in [1.807, 2.05) is 48.2 Å². The van der Waals surface area contributed by atoms with Gasteiger partial charge in [0, 0.05) is 30.3 Å². The first-order chi connectivity index (χ1) is 11.2. The third-order valence-corrected chi connectivity index (χ3v) is 4.03. The molecule has 1 saturated heterocycles. The molecule has 2 aromatic carbocycles. The quantitative estimate of drug-likeness (QED) is 0.845. The minimum Gasteiger partial charge on any atom is -0.496 e. The second kappa shape index (κ2) is 6.73. The largest absolute Gasteiger partial charge is 0.496 e. The van der Waals surface area contributed by atoms with Crippen LogP contribution < -0.4 is 14.4 Å². The van der Waals surface area contributed by atoms with Crippen molar-refractivity contribution in [1.29, 1.82) is 0 Å². The van der Waals surface area contributed by atoms with Crippen LogP contribution in [0.15, 0.2) is 42.5 Å². The van der Waals surface area contributed by atoms with Crippen molar-refractivity contribution in [2.45, 2.75) is 26.4 Å². The number of hydrogen-bond acceptors (Lipinski definition) is 3. The number of benzene rings is 2. The van der Waals surface area contributed by atoms with Gasteiger partial charge in [0.2, 0.25) is 5.91 Å². The van der Waals surface area contributed by atoms with Gasteiger partial charge in [0.05, 0.1) is 7.11 Å². The lowest BCUT2D eigenvalue weighted by Crippen LogP contribution is -2.23. The number of ether oxygens (including phenoxy) is 2. The molecular formula is C19H21NO3. The van der Waals surface area contributed by atoms with E-state index < -0.39 is 0 Å². The van der Waals surface area contributed by atoms with Gasteiger partial charge in [-0.05, 0) is 37.6 Å². The SMILES string of the molecule is COc1ccc(C)cc1COc1cccc(N2CCCC2=O)c1. The summed E-state index contributed by atoms with van der Waals surface area (Å²) in [5, 5.41) is 0. The Kier molecular flexibility index (Phi) is 4.51. The Balaban J connectivity index is 1.74. The van der Waals surface area contributed by atoms with E-state index in [0.29, 0.717) is 13.0 Å². The molecule has 0 N–H and O–H groups in total. The highest BCUT2D eigenvalue weighted by molar-refractivity contribution is 5.95. The Labute approximate surface area is 136 Å². The summed E-state index contributed by atoms with van der Waals surface area (Å²) in [7, 11) is 1.66. The van der Waals surface area contributed by atoms with Crippen LogP contribution in [0, 0.1) is 6.92 Å². The lowest BCUT2D eigenvalue weighted by atomic mass is 10.1. The van der Waals surface area contributed by atoms with Crippen LogP contribution in [-0.4, -0.2) is 19.6 Å². The van der Waals surface area contributed by atoms with Gasteiger partial charge in [-0.3, -0.25) is 4.79 Å². The number of amides is 1. The molecule has 4 heteroatoms. The number of rotatable bonds is 5. The molecule has 0 radical (unpaired) electrons. The Morgan fingerprint density at radius 1 is 1.17 bits per heavy atom. The van der Waals surface area contributed by atoms with Gasteiger partial charge in [-0.25, -0.2) is 0 Å². The van der Waals surface area contributed by atoms with Crippen molar-refractivity contribution in [3.8, 4) is 11.5 Å². The smallest absolute Gasteiger partial charge is 0.227 e. The van der Waals surface area contributed by atoms with Crippen molar-refractivity contribution in [2.24, 2.45) is 0 Å². The molecule has 23 heavy (non-hydrogen) atoms. The van der Waals surface area contributed by atoms with Crippen molar-refractivity contribution in [3.63, 3.8) is 0 Å². The molecule has 0 aliphatic carbocycles. The normalized spacial score (nSPS) is 14.2. The van der Waals surface area contributed by atoms with E-state index in [-0.39, 0.29) is 5.91 Å². The molecule has 3 rings (SSSR count). The minimum absolute atomic E-state index is 0.183. The molecule has 1 amide bonds. The summed E-state index contributed by atoms with van der Waals surface area (Å²) in [5.41, 5.74) is 3.08. The molecule has 0 aromatic heterocycles. The standard InChI is InChI=1S/C19H21NO3/c1-14-8-9-18(22-2)15(11-14)13-23-17-6-3-5-16(12-17)20-10-4-7-19(20)21/h3,5-6,8-9,11-12H,4,7,10,13H2,1-2H3. The Bertz CT molecular complexity index is 712. The molecule has 0 saturated carbocycles. The molecule has 0 spiro atoms. The van der Waals surface area contributed by atoms with Crippen LogP contribution in [0.1, 0.15) is 24.0 Å². The summed E-state index contributed by atoms with van der Waals surface area (Å²) in [4.78, 5) is 13.7. The molecule has 1 aliphatic rings. The predicted molar refractivity (Wildman–Crippen MR) is 90.1 cm³/mol. The highest BCUT2D eigenvalue weighted by Crippen LogP contribution is 2.27. The maximum Gasteiger partial charge on any atom is 0.227 e. The van der Waals surface area contributed by atoms with E-state index >= 15 is 0 Å². The van der Waals surface area contributed by atoms with E-state index in [2.05, 4.69) is 6.07 Å². The lowest BCUT2D eigenvalue weighted by molar-refractivity contribution is -0.117. The summed E-state index contributed by atoms with van der Waals surface area (Å²) < 4.78 is 11.3. The zero-order valence-electron chi connectivity index (χ0n) is 13.5. The van der Waals surface area contributed by atoms with Gasteiger partial charge >= 0.3 is 0 Å². The third-order valence-electron chi connectivity index (χ3n) is 4.03. The molecule has 1 aliphatic heterocycles. The van der Waals surface area contributed by atoms with Crippen LogP contribution >= 0.6 is 0 Å². The molecule has 120 valence electrons. The first-order valence-electron chi connectivity index (χ1n) is 7.84. The zero-order valence-corrected chi connectivity index (χ0v) is 13.5. The third kappa shape index (κ3) is 3.47. The second-order valence-corrected chi connectivity index (χ2v) is 5.75. The number of carbonyl (C=O) groups is 1. The highest BCUT2D eigenvalue weighted by atomic mass is 16.5. The molecule has 0 bridgehead atoms. The fraction of sp³-hybridized carbons (Fsp3) is 0.316. The number of carbonyl (C=O) groups excluding carboxylic acids is 1. The highest BCUT2D eigenvalue weighted by Gasteiger charge is 2.21. The summed E-state index contributed by atoms with van der Waals surface area (Å²) >= 11 is 0. The first-order valence-corrected chi connectivity index (χ1v) is 7.84. The monoisotopic (exact) mass is 311 g/mol. The average molecular weight is 311 g/mol. The summed E-state index contributed by atoms with van der Waals surface area (Å²) in [5.74, 6) is 1.76. The van der Waals surface area contributed by atoms with Gasteiger partial charge in [0.15, 0.2) is 0 Å². The van der Waals surface area contributed by atoms with Crippen molar-refractivity contribution in [1.82, 2.24) is 0 Å². The van der Waals surface area contributed by atoms with E-state index in [0.717, 1.165) is 35.7 Å². The summed E-state index contributed by atoms with van der Waals surface area (Å²) in [6.45, 7) is 3.26. The molecule has 0 atom stereocenters. The number of anilines is 1. The zero-order chi connectivity index (χ0) is 16.2. The molecule has 2 aromatic rings. The van der Waals surface area contributed by atoms with Crippen LogP contribution in [-0.2, 0) is 11.4 Å². The molecule has 4 nitrogen and oxygen atoms in total. The minimum atomic E-state index is 0.183. The van der Waals surface area contributed by atoms with E-state index in [1.54, 1.807) is 7.11 Å². The summed E-state index contributed by atoms with van der Waals surface area (Å²) in [6.07, 6.45) is 1.55. The fourth-order valence-electron chi connectivity index (χ4n) is 2.84. The number of aryl methyl sites for hydroxylation is 1. The number of methoxy groups -OCH3 is 1. The molecule has 0 unspecified atom stereocenters. The Morgan fingerprint density at radius 2 is 2.04 bits per heavy atom. The van der Waals surface area contributed by atoms with Crippen LogP contribution in [0.3, 0.4) is 0 Å². The maximum atomic E-state index is 11.9. The van der Waals surface area contributed by atoms with Crippen LogP contribution in [0.5, 0.6) is 11.5 Å². The van der Waals surface area contributed by atoms with E-state index in [9.17, 15) is 4.79 Å². The van der Waals surface area contributed by atoms with Crippen molar-refractivity contribution in [2.75, 3.05) is 18.6 Å². The molecule has 1 heterocycles. The first kappa shape index (κ1) is 15.4. The Hall–Kier alpha value is -2.49. The summed E-state index contributed by atoms with van der Waals surface area (Å²) in [6, 6.07) is 13.7. The van der Waals surface area contributed by atoms with Crippen molar-refractivity contribution in [3.05, 3.63) is 53.6 Å². The number of hydrogen-bond donors (Lipinski definition) is 0. The van der Waals surface area contributed by atoms with Gasteiger partial charge in [-0.2, -0.15) is 0 Å². The van der Waals surface area contributed by atoms with E-state index in [1.165, 1.54) is 5.56 Å². The van der Waals surface area contributed by atoms with Gasteiger partial charge in [-0.1, -0.05) is 17.7 Å². The predicted octanol–water partition coefficient (Wildman–Crippen LogP) is 3.71. The van der Waals surface area contributed by atoms with Crippen LogP contribution in [0.25, 0.3) is 0 Å². The van der Waals surface area contributed by atoms with E-state index in [4.69, 9.17) is 9.47 Å². The Morgan fingerprint density at radius 3 is 2.78 bits per heavy atom. The van der Waals surface area contributed by atoms with Crippen LogP contribution in [0.2, 0.25) is 0 Å². The fourth-order valence-corrected chi connectivity index (χ4v) is 2.84. The van der Waals surface area contributed by atoms with Gasteiger partial charge in [0.1, 0.15) is 18.1 Å².